The maximum absolute atomic E-state index is 8.90. The number of methoxy groups -OCH3 is 1. The highest BCUT2D eigenvalue weighted by atomic mass is 127. The molecule has 1 aromatic rings. The van der Waals surface area contributed by atoms with Gasteiger partial charge in [0.2, 0.25) is 0 Å². The first-order valence-corrected chi connectivity index (χ1v) is 5.92. The predicted octanol–water partition coefficient (Wildman–Crippen LogP) is 1.62. The standard InChI is InChI=1S/C13H16N4O.HI/c1-18-12-7-10(3-4-11(12)8-14)9-17-13-15-5-2-6-16-13;/h3-4,7H,2,5-6,9H2,1H3,(H2,15,16,17);1H. The Bertz CT molecular complexity index is 496. The second-order valence-electron chi connectivity index (χ2n) is 4.01. The second-order valence-corrected chi connectivity index (χ2v) is 4.01. The van der Waals surface area contributed by atoms with E-state index in [1.807, 2.05) is 12.1 Å². The van der Waals surface area contributed by atoms with Gasteiger partial charge in [0, 0.05) is 19.6 Å². The number of hydrogen-bond acceptors (Lipinski definition) is 5. The summed E-state index contributed by atoms with van der Waals surface area (Å²) in [6, 6.07) is 7.65. The molecule has 1 aliphatic heterocycles. The Labute approximate surface area is 130 Å². The maximum atomic E-state index is 8.90. The number of hydrogen-bond donors (Lipinski definition) is 2. The van der Waals surface area contributed by atoms with Crippen LogP contribution in [0.25, 0.3) is 0 Å². The third-order valence-electron chi connectivity index (χ3n) is 2.74. The molecule has 0 aromatic heterocycles. The summed E-state index contributed by atoms with van der Waals surface area (Å²) in [5.74, 6) is 1.44. The molecule has 102 valence electrons. The smallest absolute Gasteiger partial charge is 0.191 e. The molecule has 1 aliphatic rings. The molecule has 0 bridgehead atoms. The summed E-state index contributed by atoms with van der Waals surface area (Å²) in [7, 11) is 1.57. The van der Waals surface area contributed by atoms with Gasteiger partial charge in [-0.2, -0.15) is 5.26 Å². The zero-order valence-electron chi connectivity index (χ0n) is 10.8. The molecule has 2 N–H and O–H groups in total. The summed E-state index contributed by atoms with van der Waals surface area (Å²) < 4.78 is 5.17. The Morgan fingerprint density at radius 3 is 3.00 bits per heavy atom. The highest BCUT2D eigenvalue weighted by molar-refractivity contribution is 14.0. The minimum absolute atomic E-state index is 0. The number of ether oxygens (including phenoxy) is 1. The molecule has 2 rings (SSSR count). The van der Waals surface area contributed by atoms with E-state index >= 15 is 0 Å². The summed E-state index contributed by atoms with van der Waals surface area (Å²) in [6.45, 7) is 2.49. The van der Waals surface area contributed by atoms with Crippen LogP contribution in [0.4, 0.5) is 0 Å². The van der Waals surface area contributed by atoms with E-state index in [2.05, 4.69) is 21.7 Å². The van der Waals surface area contributed by atoms with E-state index < -0.39 is 0 Å². The number of guanidine groups is 1. The van der Waals surface area contributed by atoms with Gasteiger partial charge in [0.05, 0.1) is 12.7 Å². The quantitative estimate of drug-likeness (QED) is 0.792. The Hall–Kier alpha value is -1.49. The molecule has 1 aromatic carbocycles. The van der Waals surface area contributed by atoms with Crippen molar-refractivity contribution in [2.24, 2.45) is 4.99 Å². The number of aliphatic imine (C=N–C) groups is 1. The zero-order valence-corrected chi connectivity index (χ0v) is 13.1. The zero-order chi connectivity index (χ0) is 12.8. The Morgan fingerprint density at radius 2 is 2.37 bits per heavy atom. The first kappa shape index (κ1) is 15.6. The summed E-state index contributed by atoms with van der Waals surface area (Å²) in [4.78, 5) is 4.33. The first-order chi connectivity index (χ1) is 8.83. The number of benzene rings is 1. The largest absolute Gasteiger partial charge is 0.495 e. The van der Waals surface area contributed by atoms with Crippen molar-refractivity contribution in [3.05, 3.63) is 29.3 Å². The van der Waals surface area contributed by atoms with Crippen molar-refractivity contribution in [2.75, 3.05) is 20.2 Å². The molecule has 0 unspecified atom stereocenters. The fraction of sp³-hybridized carbons (Fsp3) is 0.385. The van der Waals surface area contributed by atoms with Gasteiger partial charge in [-0.25, -0.2) is 0 Å². The van der Waals surface area contributed by atoms with Gasteiger partial charge < -0.3 is 15.4 Å². The molecule has 0 saturated heterocycles. The van der Waals surface area contributed by atoms with Crippen molar-refractivity contribution in [1.82, 2.24) is 10.6 Å². The fourth-order valence-electron chi connectivity index (χ4n) is 1.77. The van der Waals surface area contributed by atoms with Crippen molar-refractivity contribution in [3.63, 3.8) is 0 Å². The minimum atomic E-state index is 0. The van der Waals surface area contributed by atoms with Crippen LogP contribution >= 0.6 is 24.0 Å². The van der Waals surface area contributed by atoms with Crippen molar-refractivity contribution in [3.8, 4) is 11.8 Å². The lowest BCUT2D eigenvalue weighted by Crippen LogP contribution is -2.40. The van der Waals surface area contributed by atoms with Crippen molar-refractivity contribution in [1.29, 1.82) is 5.26 Å². The van der Waals surface area contributed by atoms with E-state index in [0.29, 0.717) is 17.9 Å². The van der Waals surface area contributed by atoms with Gasteiger partial charge in [0.25, 0.3) is 0 Å². The number of rotatable bonds is 3. The monoisotopic (exact) mass is 372 g/mol. The molecule has 0 spiro atoms. The third kappa shape index (κ3) is 4.28. The van der Waals surface area contributed by atoms with Gasteiger partial charge in [0.15, 0.2) is 5.96 Å². The van der Waals surface area contributed by atoms with Crippen molar-refractivity contribution < 1.29 is 4.74 Å². The van der Waals surface area contributed by atoms with Crippen LogP contribution in [0, 0.1) is 11.3 Å². The maximum Gasteiger partial charge on any atom is 0.191 e. The molecule has 0 radical (unpaired) electrons. The lowest BCUT2D eigenvalue weighted by Gasteiger charge is -2.16. The lowest BCUT2D eigenvalue weighted by molar-refractivity contribution is 0.413. The Morgan fingerprint density at radius 1 is 1.53 bits per heavy atom. The van der Waals surface area contributed by atoms with Crippen molar-refractivity contribution in [2.45, 2.75) is 13.0 Å². The normalized spacial score (nSPS) is 13.4. The van der Waals surface area contributed by atoms with Gasteiger partial charge in [-0.05, 0) is 24.1 Å². The van der Waals surface area contributed by atoms with Gasteiger partial charge in [-0.1, -0.05) is 6.07 Å². The van der Waals surface area contributed by atoms with Crippen LogP contribution in [0.2, 0.25) is 0 Å². The summed E-state index contributed by atoms with van der Waals surface area (Å²) in [5.41, 5.74) is 1.61. The van der Waals surface area contributed by atoms with E-state index in [1.54, 1.807) is 13.2 Å². The van der Waals surface area contributed by atoms with Gasteiger partial charge in [-0.3, -0.25) is 4.99 Å². The van der Waals surface area contributed by atoms with Crippen molar-refractivity contribution >= 4 is 29.9 Å². The highest BCUT2D eigenvalue weighted by Gasteiger charge is 2.06. The van der Waals surface area contributed by atoms with Gasteiger partial charge in [0.1, 0.15) is 11.8 Å². The minimum Gasteiger partial charge on any atom is -0.495 e. The van der Waals surface area contributed by atoms with Crippen LogP contribution < -0.4 is 15.4 Å². The summed E-state index contributed by atoms with van der Waals surface area (Å²) in [5, 5.41) is 15.3. The number of halogens is 1. The average Bonchev–Trinajstić information content (AvgIpc) is 2.45. The van der Waals surface area contributed by atoms with E-state index in [9.17, 15) is 0 Å². The molecule has 0 saturated carbocycles. The molecule has 0 aliphatic carbocycles. The Kier molecular flexibility index (Phi) is 6.42. The van der Waals surface area contributed by atoms with E-state index in [4.69, 9.17) is 10.00 Å². The van der Waals surface area contributed by atoms with Crippen LogP contribution in [0.1, 0.15) is 17.5 Å². The highest BCUT2D eigenvalue weighted by Crippen LogP contribution is 2.19. The molecular formula is C13H17IN4O. The second kappa shape index (κ2) is 7.84. The summed E-state index contributed by atoms with van der Waals surface area (Å²) >= 11 is 0. The molecule has 19 heavy (non-hydrogen) atoms. The number of nitriles is 1. The van der Waals surface area contributed by atoms with Gasteiger partial charge in [-0.15, -0.1) is 24.0 Å². The molecule has 6 heteroatoms. The molecular weight excluding hydrogens is 355 g/mol. The third-order valence-corrected chi connectivity index (χ3v) is 2.74. The van der Waals surface area contributed by atoms with E-state index in [-0.39, 0.29) is 24.0 Å². The lowest BCUT2D eigenvalue weighted by atomic mass is 10.1. The summed E-state index contributed by atoms with van der Waals surface area (Å²) in [6.07, 6.45) is 1.08. The van der Waals surface area contributed by atoms with Crippen LogP contribution in [0.3, 0.4) is 0 Å². The molecule has 5 nitrogen and oxygen atoms in total. The fourth-order valence-corrected chi connectivity index (χ4v) is 1.77. The van der Waals surface area contributed by atoms with Crippen LogP contribution in [-0.2, 0) is 6.54 Å². The molecule has 1 heterocycles. The van der Waals surface area contributed by atoms with Crippen LogP contribution in [-0.4, -0.2) is 26.2 Å². The van der Waals surface area contributed by atoms with Crippen LogP contribution in [0.15, 0.2) is 23.2 Å². The average molecular weight is 372 g/mol. The predicted molar refractivity (Wildman–Crippen MR) is 84.9 cm³/mol. The van der Waals surface area contributed by atoms with E-state index in [1.165, 1.54) is 0 Å². The molecule has 0 atom stereocenters. The van der Waals surface area contributed by atoms with E-state index in [0.717, 1.165) is 31.0 Å². The SMILES string of the molecule is COc1cc(CNC2=NCCCN2)ccc1C#N.I. The Balaban J connectivity index is 0.00000180. The topological polar surface area (TPSA) is 69.4 Å². The van der Waals surface area contributed by atoms with Gasteiger partial charge >= 0.3 is 0 Å². The number of nitrogens with one attached hydrogen (secondary N) is 2. The first-order valence-electron chi connectivity index (χ1n) is 5.92. The number of nitrogens with zero attached hydrogens (tertiary/aromatic N) is 2. The molecule has 0 amide bonds. The van der Waals surface area contributed by atoms with Crippen LogP contribution in [0.5, 0.6) is 5.75 Å². The molecule has 0 fully saturated rings.